The summed E-state index contributed by atoms with van der Waals surface area (Å²) in [7, 11) is -3.43. The lowest BCUT2D eigenvalue weighted by Gasteiger charge is -2.24. The van der Waals surface area contributed by atoms with Crippen LogP contribution in [0.25, 0.3) is 39.2 Å². The van der Waals surface area contributed by atoms with E-state index in [1.807, 2.05) is 24.3 Å². The third-order valence-electron chi connectivity index (χ3n) is 6.12. The zero-order valence-electron chi connectivity index (χ0n) is 19.5. The van der Waals surface area contributed by atoms with Crippen molar-refractivity contribution in [2.45, 2.75) is 18.6 Å². The molecule has 0 atom stereocenters. The molecule has 8 heteroatoms. The Morgan fingerprint density at radius 1 is 1.03 bits per heavy atom. The SMILES string of the molecule is CC(C)(c1cc(-c2cc(-c3cccc(C=CC(=O)O)c3)c[n+]([O-])c2)c2ncccc2c1)S(C)(=O)=O. The van der Waals surface area contributed by atoms with Gasteiger partial charge in [-0.1, -0.05) is 24.3 Å². The van der Waals surface area contributed by atoms with E-state index in [4.69, 9.17) is 5.11 Å². The number of benzene rings is 2. The molecule has 0 spiro atoms. The largest absolute Gasteiger partial charge is 0.619 e. The monoisotopic (exact) mass is 488 g/mol. The summed E-state index contributed by atoms with van der Waals surface area (Å²) in [6.07, 6.45) is 8.26. The lowest BCUT2D eigenvalue weighted by atomic mass is 9.93. The zero-order valence-corrected chi connectivity index (χ0v) is 20.3. The van der Waals surface area contributed by atoms with Crippen LogP contribution < -0.4 is 4.73 Å². The van der Waals surface area contributed by atoms with Gasteiger partial charge in [0.25, 0.3) is 0 Å². The molecule has 0 amide bonds. The minimum absolute atomic E-state index is 0.582. The van der Waals surface area contributed by atoms with E-state index in [9.17, 15) is 18.4 Å². The van der Waals surface area contributed by atoms with E-state index in [1.165, 1.54) is 24.7 Å². The summed E-state index contributed by atoms with van der Waals surface area (Å²) >= 11 is 0. The predicted octanol–water partition coefficient (Wildman–Crippen LogP) is 4.58. The first-order valence-corrected chi connectivity index (χ1v) is 12.7. The number of hydrogen-bond acceptors (Lipinski definition) is 5. The molecular formula is C27H24N2O5S. The summed E-state index contributed by atoms with van der Waals surface area (Å²) in [5, 5.41) is 22.3. The highest BCUT2D eigenvalue weighted by Crippen LogP contribution is 2.37. The van der Waals surface area contributed by atoms with Crippen LogP contribution in [0, 0.1) is 5.21 Å². The van der Waals surface area contributed by atoms with Crippen molar-refractivity contribution in [1.82, 2.24) is 4.98 Å². The Morgan fingerprint density at radius 2 is 1.77 bits per heavy atom. The molecule has 0 saturated heterocycles. The second-order valence-corrected chi connectivity index (χ2v) is 11.4. The van der Waals surface area contributed by atoms with Crippen LogP contribution in [0.2, 0.25) is 0 Å². The number of aliphatic carboxylic acids is 1. The van der Waals surface area contributed by atoms with Gasteiger partial charge in [0.1, 0.15) is 0 Å². The van der Waals surface area contributed by atoms with E-state index in [1.54, 1.807) is 50.4 Å². The van der Waals surface area contributed by atoms with Crippen molar-refractivity contribution in [1.29, 1.82) is 0 Å². The van der Waals surface area contributed by atoms with Gasteiger partial charge in [0.2, 0.25) is 0 Å². The quantitative estimate of drug-likeness (QED) is 0.242. The molecule has 4 rings (SSSR count). The first-order chi connectivity index (χ1) is 16.5. The summed E-state index contributed by atoms with van der Waals surface area (Å²) in [6.45, 7) is 3.31. The fraction of sp³-hybridized carbons (Fsp3) is 0.148. The second-order valence-electron chi connectivity index (χ2n) is 8.85. The lowest BCUT2D eigenvalue weighted by Crippen LogP contribution is -2.28. The standard InChI is InChI=1S/C27H24N2O5S/c1-27(2,35(3,33)34)23-14-20-8-5-11-28-26(20)24(15-23)22-13-21(16-29(32)17-22)19-7-4-6-18(12-19)9-10-25(30)31/h4-17H,1-3H3,(H,30,31). The second kappa shape index (κ2) is 8.96. The van der Waals surface area contributed by atoms with Gasteiger partial charge in [-0.25, -0.2) is 13.2 Å². The highest BCUT2D eigenvalue weighted by atomic mass is 32.2. The molecule has 4 aromatic rings. The molecule has 2 aromatic heterocycles. The van der Waals surface area contributed by atoms with Crippen LogP contribution in [0.5, 0.6) is 0 Å². The van der Waals surface area contributed by atoms with Gasteiger partial charge >= 0.3 is 5.97 Å². The number of hydrogen-bond donors (Lipinski definition) is 1. The number of aromatic nitrogens is 2. The van der Waals surface area contributed by atoms with Crippen LogP contribution in [0.15, 0.2) is 79.3 Å². The lowest BCUT2D eigenvalue weighted by molar-refractivity contribution is -0.604. The van der Waals surface area contributed by atoms with E-state index in [0.29, 0.717) is 38.1 Å². The summed E-state index contributed by atoms with van der Waals surface area (Å²) in [5.74, 6) is -1.05. The van der Waals surface area contributed by atoms with E-state index >= 15 is 0 Å². The summed E-state index contributed by atoms with van der Waals surface area (Å²) < 4.78 is 24.6. The van der Waals surface area contributed by atoms with Gasteiger partial charge in [-0.15, -0.1) is 0 Å². The smallest absolute Gasteiger partial charge is 0.328 e. The van der Waals surface area contributed by atoms with E-state index in [-0.39, 0.29) is 0 Å². The van der Waals surface area contributed by atoms with Gasteiger partial charge in [-0.3, -0.25) is 4.98 Å². The van der Waals surface area contributed by atoms with Crippen molar-refractivity contribution in [2.75, 3.05) is 6.26 Å². The zero-order chi connectivity index (χ0) is 25.4. The number of rotatable bonds is 6. The van der Waals surface area contributed by atoms with Crippen LogP contribution in [-0.2, 0) is 19.4 Å². The third kappa shape index (κ3) is 4.93. The summed E-state index contributed by atoms with van der Waals surface area (Å²) in [5.41, 5.74) is 4.50. The fourth-order valence-corrected chi connectivity index (χ4v) is 4.37. The number of carbonyl (C=O) groups is 1. The molecule has 0 aliphatic rings. The Hall–Kier alpha value is -4.04. The molecule has 0 fully saturated rings. The number of nitrogens with zero attached hydrogens (tertiary/aromatic N) is 2. The Kier molecular flexibility index (Phi) is 6.17. The predicted molar refractivity (Wildman–Crippen MR) is 136 cm³/mol. The van der Waals surface area contributed by atoms with E-state index < -0.39 is 20.6 Å². The van der Waals surface area contributed by atoms with Crippen molar-refractivity contribution in [2.24, 2.45) is 0 Å². The number of carboxylic acid groups (broad SMARTS) is 1. The minimum Gasteiger partial charge on any atom is -0.619 e. The minimum atomic E-state index is -3.43. The summed E-state index contributed by atoms with van der Waals surface area (Å²) in [6, 6.07) is 16.3. The molecule has 1 N–H and O–H groups in total. The van der Waals surface area contributed by atoms with Crippen LogP contribution in [0.4, 0.5) is 0 Å². The number of sulfone groups is 1. The Labute approximate surface area is 203 Å². The first kappa shape index (κ1) is 24.1. The molecule has 0 saturated carbocycles. The van der Waals surface area contributed by atoms with Crippen molar-refractivity contribution in [3.63, 3.8) is 0 Å². The topological polar surface area (TPSA) is 111 Å². The van der Waals surface area contributed by atoms with Crippen LogP contribution in [-0.4, -0.2) is 30.7 Å². The van der Waals surface area contributed by atoms with Gasteiger partial charge in [0.05, 0.1) is 10.3 Å². The van der Waals surface area contributed by atoms with Gasteiger partial charge in [-0.05, 0) is 66.9 Å². The number of carboxylic acids is 1. The van der Waals surface area contributed by atoms with Gasteiger partial charge in [0.15, 0.2) is 22.2 Å². The van der Waals surface area contributed by atoms with Crippen LogP contribution >= 0.6 is 0 Å². The molecule has 0 aliphatic carbocycles. The highest BCUT2D eigenvalue weighted by molar-refractivity contribution is 7.91. The van der Waals surface area contributed by atoms with Crippen molar-refractivity contribution < 1.29 is 23.0 Å². The highest BCUT2D eigenvalue weighted by Gasteiger charge is 2.33. The van der Waals surface area contributed by atoms with Crippen molar-refractivity contribution >= 4 is 32.8 Å². The Balaban J connectivity index is 1.92. The Bertz CT molecular complexity index is 1590. The van der Waals surface area contributed by atoms with Gasteiger partial charge in [-0.2, -0.15) is 4.73 Å². The molecule has 7 nitrogen and oxygen atoms in total. The first-order valence-electron chi connectivity index (χ1n) is 10.8. The fourth-order valence-electron chi connectivity index (χ4n) is 3.82. The van der Waals surface area contributed by atoms with Crippen LogP contribution in [0.3, 0.4) is 0 Å². The molecule has 35 heavy (non-hydrogen) atoms. The molecule has 178 valence electrons. The molecule has 2 aromatic carbocycles. The molecule has 0 aliphatic heterocycles. The van der Waals surface area contributed by atoms with E-state index in [2.05, 4.69) is 4.98 Å². The normalized spacial score (nSPS) is 12.3. The van der Waals surface area contributed by atoms with Gasteiger partial charge < -0.3 is 10.3 Å². The van der Waals surface area contributed by atoms with E-state index in [0.717, 1.165) is 17.0 Å². The number of fused-ring (bicyclic) bond motifs is 1. The molecule has 2 heterocycles. The summed E-state index contributed by atoms with van der Waals surface area (Å²) in [4.78, 5) is 15.4. The maximum absolute atomic E-state index is 12.6. The molecule has 0 unspecified atom stereocenters. The average molecular weight is 489 g/mol. The molecule has 0 radical (unpaired) electrons. The Morgan fingerprint density at radius 3 is 2.49 bits per heavy atom. The maximum atomic E-state index is 12.6. The van der Waals surface area contributed by atoms with Crippen LogP contribution in [0.1, 0.15) is 25.0 Å². The molecular weight excluding hydrogens is 464 g/mol. The van der Waals surface area contributed by atoms with Crippen molar-refractivity contribution in [3.8, 4) is 22.3 Å². The maximum Gasteiger partial charge on any atom is 0.328 e. The van der Waals surface area contributed by atoms with Gasteiger partial charge in [0, 0.05) is 40.6 Å². The number of pyridine rings is 2. The average Bonchev–Trinajstić information content (AvgIpc) is 2.81. The third-order valence-corrected chi connectivity index (χ3v) is 8.21. The van der Waals surface area contributed by atoms with Crippen molar-refractivity contribution in [3.05, 3.63) is 95.6 Å². The molecule has 0 bridgehead atoms.